The smallest absolute Gasteiger partial charge is 0.213 e. The average molecular weight is 492 g/mol. The first-order valence-electron chi connectivity index (χ1n) is 11.7. The average Bonchev–Trinajstić information content (AvgIpc) is 3.50. The second-order valence-corrected chi connectivity index (χ2v) is 10.7. The standard InChI is InChI=1S/C25H28ClN8O/c1-24(2,35)14-33-13-17-18(31-33)5-4-15(20(17)26)16-12-29-21-19(16)22-28-8-11-34(22)23(30-21)32-9-6-25(3,27)7-10-32/h4-5,8,11-14,29,35H,6-7,9-10,27H2,1-3H3. The van der Waals surface area contributed by atoms with Crippen molar-refractivity contribution in [3.05, 3.63) is 48.5 Å². The summed E-state index contributed by atoms with van der Waals surface area (Å²) in [4.78, 5) is 15.3. The number of aliphatic hydroxyl groups is 1. The molecule has 6 rings (SSSR count). The minimum atomic E-state index is -0.999. The van der Waals surface area contributed by atoms with Crippen LogP contribution in [0.5, 0.6) is 0 Å². The van der Waals surface area contributed by atoms with Gasteiger partial charge in [-0.25, -0.2) is 4.98 Å². The molecular weight excluding hydrogens is 464 g/mol. The number of nitrogens with zero attached hydrogens (tertiary/aromatic N) is 6. The van der Waals surface area contributed by atoms with Crippen molar-refractivity contribution in [1.29, 1.82) is 0 Å². The lowest BCUT2D eigenvalue weighted by Gasteiger charge is -2.37. The van der Waals surface area contributed by atoms with Crippen molar-refractivity contribution in [3.63, 3.8) is 0 Å². The molecule has 0 bridgehead atoms. The summed E-state index contributed by atoms with van der Waals surface area (Å²) in [7, 11) is 0. The summed E-state index contributed by atoms with van der Waals surface area (Å²) in [5.74, 6) is 0.860. The Morgan fingerprint density at radius 1 is 1.23 bits per heavy atom. The fraction of sp³-hybridized carbons (Fsp3) is 0.360. The summed E-state index contributed by atoms with van der Waals surface area (Å²) in [6, 6.07) is 3.90. The van der Waals surface area contributed by atoms with Crippen LogP contribution < -0.4 is 10.6 Å². The number of rotatable bonds is 4. The van der Waals surface area contributed by atoms with E-state index in [2.05, 4.69) is 26.9 Å². The molecule has 4 aromatic heterocycles. The molecular formula is C25H28ClN8O. The fourth-order valence-corrected chi connectivity index (χ4v) is 5.17. The highest BCUT2D eigenvalue weighted by Crippen LogP contribution is 2.39. The van der Waals surface area contributed by atoms with Gasteiger partial charge in [-0.15, -0.1) is 0 Å². The molecule has 1 aliphatic heterocycles. The molecule has 1 radical (unpaired) electrons. The van der Waals surface area contributed by atoms with Gasteiger partial charge >= 0.3 is 0 Å². The molecule has 181 valence electrons. The SMILES string of the molecule is CC(C)(O)[CH]n1cc2c(Cl)c(-c3c[nH]c4nc(N5CCC(C)(N)CC5)n5ccnc5c34)ccc2n1. The van der Waals surface area contributed by atoms with Crippen molar-refractivity contribution in [2.24, 2.45) is 5.73 Å². The van der Waals surface area contributed by atoms with Gasteiger partial charge in [-0.2, -0.15) is 10.1 Å². The van der Waals surface area contributed by atoms with E-state index in [1.165, 1.54) is 0 Å². The Labute approximate surface area is 207 Å². The van der Waals surface area contributed by atoms with E-state index in [0.29, 0.717) is 5.02 Å². The van der Waals surface area contributed by atoms with Crippen LogP contribution in [-0.2, 0) is 0 Å². The van der Waals surface area contributed by atoms with E-state index in [0.717, 1.165) is 70.6 Å². The molecule has 1 fully saturated rings. The molecule has 4 N–H and O–H groups in total. The first kappa shape index (κ1) is 22.3. The minimum Gasteiger partial charge on any atom is -0.388 e. The summed E-state index contributed by atoms with van der Waals surface area (Å²) in [6.45, 7) is 8.85. The van der Waals surface area contributed by atoms with Crippen molar-refractivity contribution in [1.82, 2.24) is 29.1 Å². The van der Waals surface area contributed by atoms with Crippen LogP contribution >= 0.6 is 11.6 Å². The zero-order valence-electron chi connectivity index (χ0n) is 20.0. The largest absolute Gasteiger partial charge is 0.388 e. The van der Waals surface area contributed by atoms with E-state index in [-0.39, 0.29) is 5.54 Å². The summed E-state index contributed by atoms with van der Waals surface area (Å²) in [6.07, 6.45) is 9.33. The Kier molecular flexibility index (Phi) is 4.90. The van der Waals surface area contributed by atoms with Crippen molar-refractivity contribution in [2.45, 2.75) is 44.8 Å². The van der Waals surface area contributed by atoms with Gasteiger partial charge in [-0.1, -0.05) is 17.7 Å². The van der Waals surface area contributed by atoms with Crippen LogP contribution in [0.25, 0.3) is 38.7 Å². The highest BCUT2D eigenvalue weighted by atomic mass is 35.5. The molecule has 0 atom stereocenters. The second-order valence-electron chi connectivity index (χ2n) is 10.4. The zero-order valence-corrected chi connectivity index (χ0v) is 20.7. The molecule has 0 amide bonds. The third-order valence-corrected chi connectivity index (χ3v) is 7.13. The lowest BCUT2D eigenvalue weighted by Crippen LogP contribution is -2.48. The number of aromatic nitrogens is 6. The van der Waals surface area contributed by atoms with Crippen molar-refractivity contribution in [2.75, 3.05) is 18.0 Å². The van der Waals surface area contributed by atoms with E-state index in [4.69, 9.17) is 22.3 Å². The molecule has 1 aliphatic rings. The number of hydrogen-bond donors (Lipinski definition) is 3. The van der Waals surface area contributed by atoms with Gasteiger partial charge in [0.2, 0.25) is 5.95 Å². The van der Waals surface area contributed by atoms with Gasteiger partial charge in [0, 0.05) is 59.9 Å². The molecule has 5 aromatic rings. The van der Waals surface area contributed by atoms with Gasteiger partial charge in [0.1, 0.15) is 12.2 Å². The molecule has 1 saturated heterocycles. The number of aromatic amines is 1. The van der Waals surface area contributed by atoms with E-state index in [1.807, 2.05) is 35.1 Å². The number of piperidine rings is 1. The van der Waals surface area contributed by atoms with Gasteiger partial charge < -0.3 is 20.7 Å². The Morgan fingerprint density at radius 3 is 2.74 bits per heavy atom. The Hall–Kier alpha value is -3.14. The number of nitrogens with two attached hydrogens (primary N) is 1. The van der Waals surface area contributed by atoms with E-state index >= 15 is 0 Å². The van der Waals surface area contributed by atoms with Crippen molar-refractivity contribution in [3.8, 4) is 11.1 Å². The molecule has 9 nitrogen and oxygen atoms in total. The fourth-order valence-electron chi connectivity index (χ4n) is 4.86. The topological polar surface area (TPSA) is 113 Å². The van der Waals surface area contributed by atoms with Gasteiger partial charge in [0.05, 0.1) is 21.5 Å². The summed E-state index contributed by atoms with van der Waals surface area (Å²) in [5, 5.41) is 17.0. The molecule has 1 aromatic carbocycles. The Balaban J connectivity index is 1.46. The predicted octanol–water partition coefficient (Wildman–Crippen LogP) is 3.98. The predicted molar refractivity (Wildman–Crippen MR) is 139 cm³/mol. The maximum atomic E-state index is 10.1. The molecule has 10 heteroatoms. The van der Waals surface area contributed by atoms with Gasteiger partial charge in [-0.3, -0.25) is 9.08 Å². The summed E-state index contributed by atoms with van der Waals surface area (Å²) in [5.41, 5.74) is 9.34. The van der Waals surface area contributed by atoms with Crippen LogP contribution in [0, 0.1) is 6.54 Å². The number of H-pyrrole nitrogens is 1. The van der Waals surface area contributed by atoms with E-state index < -0.39 is 5.60 Å². The van der Waals surface area contributed by atoms with Crippen molar-refractivity contribution < 1.29 is 5.11 Å². The van der Waals surface area contributed by atoms with Crippen molar-refractivity contribution >= 4 is 45.1 Å². The number of benzene rings is 1. The number of anilines is 1. The van der Waals surface area contributed by atoms with Crippen LogP contribution in [0.4, 0.5) is 5.95 Å². The highest BCUT2D eigenvalue weighted by Gasteiger charge is 2.29. The molecule has 5 heterocycles. The van der Waals surface area contributed by atoms with Gasteiger partial charge in [0.25, 0.3) is 0 Å². The first-order valence-corrected chi connectivity index (χ1v) is 12.1. The maximum Gasteiger partial charge on any atom is 0.213 e. The van der Waals surface area contributed by atoms with Gasteiger partial charge in [0.15, 0.2) is 5.65 Å². The monoisotopic (exact) mass is 491 g/mol. The molecule has 0 spiro atoms. The van der Waals surface area contributed by atoms with Crippen LogP contribution in [-0.4, -0.2) is 58.5 Å². The van der Waals surface area contributed by atoms with Crippen LogP contribution in [0.3, 0.4) is 0 Å². The third-order valence-electron chi connectivity index (χ3n) is 6.72. The first-order chi connectivity index (χ1) is 16.6. The van der Waals surface area contributed by atoms with Crippen LogP contribution in [0.2, 0.25) is 5.02 Å². The second kappa shape index (κ2) is 7.68. The number of fused-ring (bicyclic) bond motifs is 4. The van der Waals surface area contributed by atoms with E-state index in [9.17, 15) is 5.11 Å². The molecule has 0 aliphatic carbocycles. The Bertz CT molecular complexity index is 1560. The third kappa shape index (κ3) is 3.84. The van der Waals surface area contributed by atoms with Gasteiger partial charge in [-0.05, 0) is 39.7 Å². The maximum absolute atomic E-state index is 10.1. The summed E-state index contributed by atoms with van der Waals surface area (Å²) >= 11 is 6.91. The number of nitrogens with one attached hydrogen (secondary N) is 1. The van der Waals surface area contributed by atoms with Crippen LogP contribution in [0.15, 0.2) is 36.9 Å². The number of hydrogen-bond acceptors (Lipinski definition) is 6. The number of imidazole rings is 1. The zero-order chi connectivity index (χ0) is 24.5. The summed E-state index contributed by atoms with van der Waals surface area (Å²) < 4.78 is 3.66. The van der Waals surface area contributed by atoms with E-state index in [1.54, 1.807) is 31.3 Å². The Morgan fingerprint density at radius 2 is 2.00 bits per heavy atom. The lowest BCUT2D eigenvalue weighted by molar-refractivity contribution is 0.106. The molecule has 0 unspecified atom stereocenters. The molecule has 0 saturated carbocycles. The normalized spacial score (nSPS) is 16.7. The molecule has 35 heavy (non-hydrogen) atoms. The highest BCUT2D eigenvalue weighted by molar-refractivity contribution is 6.38. The number of halogens is 1. The quantitative estimate of drug-likeness (QED) is 0.350. The lowest BCUT2D eigenvalue weighted by atomic mass is 9.91. The van der Waals surface area contributed by atoms with Crippen LogP contribution in [0.1, 0.15) is 33.6 Å². The minimum absolute atomic E-state index is 0.137.